The SMILES string of the molecule is Cc1ccc(C(=O)N2CCN([C@H](CCC(=O)O)c3ccccc3)CC2)cc1. The predicted molar refractivity (Wildman–Crippen MR) is 105 cm³/mol. The van der Waals surface area contributed by atoms with Gasteiger partial charge in [-0.3, -0.25) is 14.5 Å². The van der Waals surface area contributed by atoms with Gasteiger partial charge in [-0.25, -0.2) is 0 Å². The number of benzene rings is 2. The number of hydrogen-bond donors (Lipinski definition) is 1. The molecule has 0 unspecified atom stereocenters. The van der Waals surface area contributed by atoms with Crippen molar-refractivity contribution in [2.45, 2.75) is 25.8 Å². The maximum Gasteiger partial charge on any atom is 0.303 e. The molecule has 1 heterocycles. The van der Waals surface area contributed by atoms with Crippen molar-refractivity contribution in [2.24, 2.45) is 0 Å². The molecule has 0 aromatic heterocycles. The average Bonchev–Trinajstić information content (AvgIpc) is 2.69. The zero-order valence-electron chi connectivity index (χ0n) is 15.7. The second-order valence-electron chi connectivity index (χ2n) is 7.05. The molecule has 0 spiro atoms. The number of carbonyl (C=O) groups excluding carboxylic acids is 1. The van der Waals surface area contributed by atoms with Crippen molar-refractivity contribution >= 4 is 11.9 Å². The highest BCUT2D eigenvalue weighted by Gasteiger charge is 2.27. The first kappa shape index (κ1) is 19.1. The summed E-state index contributed by atoms with van der Waals surface area (Å²) in [5, 5.41) is 9.10. The molecule has 0 aliphatic carbocycles. The van der Waals surface area contributed by atoms with E-state index in [1.807, 2.05) is 54.3 Å². The number of rotatable bonds is 6. The van der Waals surface area contributed by atoms with Crippen LogP contribution >= 0.6 is 0 Å². The summed E-state index contributed by atoms with van der Waals surface area (Å²) in [5.41, 5.74) is 3.00. The minimum absolute atomic E-state index is 0.0662. The molecular formula is C22H26N2O3. The summed E-state index contributed by atoms with van der Waals surface area (Å²) in [6.07, 6.45) is 0.716. The molecule has 2 aromatic rings. The topological polar surface area (TPSA) is 60.9 Å². The maximum absolute atomic E-state index is 12.7. The molecule has 1 aliphatic rings. The number of carboxylic acids is 1. The van der Waals surface area contributed by atoms with Gasteiger partial charge in [0.15, 0.2) is 0 Å². The van der Waals surface area contributed by atoms with Crippen LogP contribution in [0.2, 0.25) is 0 Å². The van der Waals surface area contributed by atoms with E-state index in [4.69, 9.17) is 5.11 Å². The fourth-order valence-corrected chi connectivity index (χ4v) is 3.61. The lowest BCUT2D eigenvalue weighted by Crippen LogP contribution is -2.49. The van der Waals surface area contributed by atoms with Crippen LogP contribution in [-0.4, -0.2) is 53.0 Å². The van der Waals surface area contributed by atoms with Gasteiger partial charge in [0.25, 0.3) is 5.91 Å². The molecule has 0 radical (unpaired) electrons. The Labute approximate surface area is 160 Å². The van der Waals surface area contributed by atoms with E-state index in [2.05, 4.69) is 17.0 Å². The number of hydrogen-bond acceptors (Lipinski definition) is 3. The number of carboxylic acid groups (broad SMARTS) is 1. The Morgan fingerprint density at radius 1 is 0.963 bits per heavy atom. The molecule has 142 valence electrons. The van der Waals surface area contributed by atoms with E-state index in [0.29, 0.717) is 19.5 Å². The fourth-order valence-electron chi connectivity index (χ4n) is 3.61. The molecule has 3 rings (SSSR count). The van der Waals surface area contributed by atoms with Crippen molar-refractivity contribution in [2.75, 3.05) is 26.2 Å². The van der Waals surface area contributed by atoms with Crippen molar-refractivity contribution in [3.63, 3.8) is 0 Å². The first-order chi connectivity index (χ1) is 13.0. The molecule has 0 bridgehead atoms. The third kappa shape index (κ3) is 4.95. The maximum atomic E-state index is 12.7. The van der Waals surface area contributed by atoms with E-state index < -0.39 is 5.97 Å². The normalized spacial score (nSPS) is 16.1. The Balaban J connectivity index is 1.65. The summed E-state index contributed by atoms with van der Waals surface area (Å²) in [5.74, 6) is -0.708. The zero-order valence-corrected chi connectivity index (χ0v) is 15.7. The minimum atomic E-state index is -0.774. The molecule has 5 nitrogen and oxygen atoms in total. The quantitative estimate of drug-likeness (QED) is 0.852. The number of aryl methyl sites for hydroxylation is 1. The van der Waals surface area contributed by atoms with Gasteiger partial charge in [0, 0.05) is 44.2 Å². The van der Waals surface area contributed by atoms with E-state index in [1.165, 1.54) is 0 Å². The van der Waals surface area contributed by atoms with E-state index in [9.17, 15) is 9.59 Å². The van der Waals surface area contributed by atoms with Crippen molar-refractivity contribution in [3.8, 4) is 0 Å². The third-order valence-electron chi connectivity index (χ3n) is 5.16. The molecule has 1 fully saturated rings. The van der Waals surface area contributed by atoms with Gasteiger partial charge in [-0.2, -0.15) is 0 Å². The Kier molecular flexibility index (Phi) is 6.24. The molecule has 1 saturated heterocycles. The molecule has 1 aliphatic heterocycles. The first-order valence-electron chi connectivity index (χ1n) is 9.41. The molecular weight excluding hydrogens is 340 g/mol. The Bertz CT molecular complexity index is 766. The number of nitrogens with zero attached hydrogens (tertiary/aromatic N) is 2. The van der Waals surface area contributed by atoms with Crippen LogP contribution in [-0.2, 0) is 4.79 Å². The highest BCUT2D eigenvalue weighted by Crippen LogP contribution is 2.27. The molecule has 27 heavy (non-hydrogen) atoms. The molecule has 1 N–H and O–H groups in total. The van der Waals surface area contributed by atoms with Gasteiger partial charge in [-0.15, -0.1) is 0 Å². The van der Waals surface area contributed by atoms with Gasteiger partial charge < -0.3 is 10.0 Å². The first-order valence-corrected chi connectivity index (χ1v) is 9.41. The number of carbonyl (C=O) groups is 2. The van der Waals surface area contributed by atoms with Gasteiger partial charge >= 0.3 is 5.97 Å². The van der Waals surface area contributed by atoms with Gasteiger partial charge in [0.05, 0.1) is 0 Å². The summed E-state index contributed by atoms with van der Waals surface area (Å²) in [6.45, 7) is 4.81. The smallest absolute Gasteiger partial charge is 0.303 e. The molecule has 0 saturated carbocycles. The van der Waals surface area contributed by atoms with Crippen LogP contribution in [0, 0.1) is 6.92 Å². The number of piperazine rings is 1. The Morgan fingerprint density at radius 3 is 2.19 bits per heavy atom. The molecule has 5 heteroatoms. The minimum Gasteiger partial charge on any atom is -0.481 e. The van der Waals surface area contributed by atoms with Crippen LogP contribution in [0.25, 0.3) is 0 Å². The summed E-state index contributed by atoms with van der Waals surface area (Å²) >= 11 is 0. The molecule has 1 amide bonds. The summed E-state index contributed by atoms with van der Waals surface area (Å²) in [7, 11) is 0. The fraction of sp³-hybridized carbons (Fsp3) is 0.364. The monoisotopic (exact) mass is 366 g/mol. The predicted octanol–water partition coefficient (Wildman–Crippen LogP) is 3.36. The second-order valence-corrected chi connectivity index (χ2v) is 7.05. The van der Waals surface area contributed by atoms with Crippen LogP contribution in [0.3, 0.4) is 0 Å². The lowest BCUT2D eigenvalue weighted by atomic mass is 9.99. The van der Waals surface area contributed by atoms with E-state index >= 15 is 0 Å². The van der Waals surface area contributed by atoms with Crippen LogP contribution in [0.5, 0.6) is 0 Å². The van der Waals surface area contributed by atoms with Crippen molar-refractivity contribution in [1.82, 2.24) is 9.80 Å². The highest BCUT2D eigenvalue weighted by atomic mass is 16.4. The number of amides is 1. The third-order valence-corrected chi connectivity index (χ3v) is 5.16. The van der Waals surface area contributed by atoms with Crippen LogP contribution in [0.1, 0.15) is 40.4 Å². The van der Waals surface area contributed by atoms with Crippen molar-refractivity contribution < 1.29 is 14.7 Å². The van der Waals surface area contributed by atoms with Gasteiger partial charge in [-0.1, -0.05) is 48.0 Å². The lowest BCUT2D eigenvalue weighted by Gasteiger charge is -2.39. The van der Waals surface area contributed by atoms with E-state index in [1.54, 1.807) is 0 Å². The van der Waals surface area contributed by atoms with Crippen molar-refractivity contribution in [1.29, 1.82) is 0 Å². The van der Waals surface area contributed by atoms with Crippen molar-refractivity contribution in [3.05, 3.63) is 71.3 Å². The van der Waals surface area contributed by atoms with Crippen LogP contribution < -0.4 is 0 Å². The Hall–Kier alpha value is -2.66. The van der Waals surface area contributed by atoms with Crippen LogP contribution in [0.4, 0.5) is 0 Å². The lowest BCUT2D eigenvalue weighted by molar-refractivity contribution is -0.137. The second kappa shape index (κ2) is 8.82. The molecule has 2 aromatic carbocycles. The average molecular weight is 366 g/mol. The Morgan fingerprint density at radius 2 is 1.59 bits per heavy atom. The zero-order chi connectivity index (χ0) is 19.2. The largest absolute Gasteiger partial charge is 0.481 e. The summed E-state index contributed by atoms with van der Waals surface area (Å²) < 4.78 is 0. The van der Waals surface area contributed by atoms with Gasteiger partial charge in [-0.05, 0) is 31.0 Å². The standard InChI is InChI=1S/C22H26N2O3/c1-17-7-9-19(10-8-17)22(27)24-15-13-23(14-16-24)20(11-12-21(25)26)18-5-3-2-4-6-18/h2-10,20H,11-16H2,1H3,(H,25,26)/t20-/m1/s1. The summed E-state index contributed by atoms with van der Waals surface area (Å²) in [4.78, 5) is 28.0. The van der Waals surface area contributed by atoms with E-state index in [0.717, 1.165) is 29.8 Å². The van der Waals surface area contributed by atoms with Gasteiger partial charge in [0.2, 0.25) is 0 Å². The highest BCUT2D eigenvalue weighted by molar-refractivity contribution is 5.94. The van der Waals surface area contributed by atoms with E-state index in [-0.39, 0.29) is 18.4 Å². The molecule has 1 atom stereocenters. The van der Waals surface area contributed by atoms with Crippen LogP contribution in [0.15, 0.2) is 54.6 Å². The van der Waals surface area contributed by atoms with Gasteiger partial charge in [0.1, 0.15) is 0 Å². The number of aliphatic carboxylic acids is 1. The summed E-state index contributed by atoms with van der Waals surface area (Å²) in [6, 6.07) is 17.8.